The van der Waals surface area contributed by atoms with Gasteiger partial charge in [-0.2, -0.15) is 0 Å². The first-order valence-electron chi connectivity index (χ1n) is 7.62. The van der Waals surface area contributed by atoms with Crippen LogP contribution in [0.1, 0.15) is 40.0 Å². The molecule has 1 fully saturated rings. The number of nitrogens with one attached hydrogen (secondary N) is 1. The van der Waals surface area contributed by atoms with Crippen LogP contribution in [0.2, 0.25) is 0 Å². The molecule has 2 rings (SSSR count). The lowest BCUT2D eigenvalue weighted by Gasteiger charge is -2.27. The van der Waals surface area contributed by atoms with E-state index < -0.39 is 0 Å². The van der Waals surface area contributed by atoms with E-state index in [1.165, 1.54) is 0 Å². The second kappa shape index (κ2) is 6.82. The molecule has 0 aromatic heterocycles. The highest BCUT2D eigenvalue weighted by atomic mass is 79.9. The van der Waals surface area contributed by atoms with Crippen LogP contribution in [0, 0.1) is 5.41 Å². The third kappa shape index (κ3) is 4.57. The van der Waals surface area contributed by atoms with Crippen LogP contribution in [0.15, 0.2) is 28.7 Å². The number of likely N-dealkylation sites (tertiary alicyclic amines) is 1. The minimum absolute atomic E-state index is 0.0631. The van der Waals surface area contributed by atoms with E-state index in [4.69, 9.17) is 0 Å². The maximum atomic E-state index is 12.5. The number of hydrogen-bond acceptors (Lipinski definition) is 2. The van der Waals surface area contributed by atoms with Gasteiger partial charge in [0.15, 0.2) is 0 Å². The Labute approximate surface area is 140 Å². The zero-order chi connectivity index (χ0) is 16.3. The molecular weight excluding hydrogens is 344 g/mol. The molecule has 0 spiro atoms. The van der Waals surface area contributed by atoms with Gasteiger partial charge >= 0.3 is 0 Å². The number of benzene rings is 1. The third-order valence-corrected chi connectivity index (χ3v) is 4.20. The Kier molecular flexibility index (Phi) is 5.27. The molecule has 1 aliphatic rings. The summed E-state index contributed by atoms with van der Waals surface area (Å²) in [5.41, 5.74) is 0.690. The molecule has 0 saturated carbocycles. The molecule has 1 atom stereocenters. The van der Waals surface area contributed by atoms with Crippen LogP contribution in [-0.2, 0) is 9.59 Å². The van der Waals surface area contributed by atoms with Crippen molar-refractivity contribution in [2.75, 3.05) is 11.9 Å². The van der Waals surface area contributed by atoms with Crippen LogP contribution >= 0.6 is 15.9 Å². The summed E-state index contributed by atoms with van der Waals surface area (Å²) in [6.45, 7) is 6.79. The van der Waals surface area contributed by atoms with Crippen LogP contribution < -0.4 is 5.32 Å². The molecule has 1 saturated heterocycles. The minimum Gasteiger partial charge on any atom is -0.331 e. The molecule has 2 amide bonds. The Morgan fingerprint density at radius 3 is 2.50 bits per heavy atom. The van der Waals surface area contributed by atoms with Crippen molar-refractivity contribution in [3.05, 3.63) is 28.7 Å². The van der Waals surface area contributed by atoms with E-state index in [0.29, 0.717) is 13.0 Å². The van der Waals surface area contributed by atoms with Gasteiger partial charge in [0, 0.05) is 23.1 Å². The predicted octanol–water partition coefficient (Wildman–Crippen LogP) is 3.81. The minimum atomic E-state index is -0.349. The molecule has 4 nitrogen and oxygen atoms in total. The van der Waals surface area contributed by atoms with E-state index in [2.05, 4.69) is 21.2 Å². The Hall–Kier alpha value is -1.36. The van der Waals surface area contributed by atoms with Crippen molar-refractivity contribution in [2.45, 2.75) is 46.1 Å². The van der Waals surface area contributed by atoms with Crippen LogP contribution in [0.4, 0.5) is 5.69 Å². The van der Waals surface area contributed by atoms with Crippen molar-refractivity contribution in [3.8, 4) is 0 Å². The fourth-order valence-electron chi connectivity index (χ4n) is 2.65. The summed E-state index contributed by atoms with van der Waals surface area (Å²) in [4.78, 5) is 26.6. The quantitative estimate of drug-likeness (QED) is 0.883. The summed E-state index contributed by atoms with van der Waals surface area (Å²) in [7, 11) is 0. The molecule has 22 heavy (non-hydrogen) atoms. The number of nitrogens with zero attached hydrogens (tertiary/aromatic N) is 1. The SMILES string of the molecule is CC(C)(C)CC(=O)N1CCCC1C(=O)Nc1ccc(Br)cc1. The average molecular weight is 367 g/mol. The summed E-state index contributed by atoms with van der Waals surface area (Å²) in [5, 5.41) is 2.91. The summed E-state index contributed by atoms with van der Waals surface area (Å²) < 4.78 is 0.966. The number of carbonyl (C=O) groups excluding carboxylic acids is 2. The van der Waals surface area contributed by atoms with Crippen LogP contribution in [0.25, 0.3) is 0 Å². The zero-order valence-corrected chi connectivity index (χ0v) is 14.9. The Balaban J connectivity index is 2.01. The van der Waals surface area contributed by atoms with Gasteiger partial charge in [0.25, 0.3) is 0 Å². The fraction of sp³-hybridized carbons (Fsp3) is 0.529. The lowest BCUT2D eigenvalue weighted by Crippen LogP contribution is -2.44. The predicted molar refractivity (Wildman–Crippen MR) is 91.6 cm³/mol. The molecule has 1 aliphatic heterocycles. The number of hydrogen-bond donors (Lipinski definition) is 1. The van der Waals surface area contributed by atoms with Gasteiger partial charge in [-0.3, -0.25) is 9.59 Å². The highest BCUT2D eigenvalue weighted by Crippen LogP contribution is 2.25. The van der Waals surface area contributed by atoms with Gasteiger partial charge in [-0.25, -0.2) is 0 Å². The highest BCUT2D eigenvalue weighted by molar-refractivity contribution is 9.10. The van der Waals surface area contributed by atoms with Crippen LogP contribution in [0.5, 0.6) is 0 Å². The number of rotatable bonds is 3. The van der Waals surface area contributed by atoms with Gasteiger partial charge in [0.1, 0.15) is 6.04 Å². The van der Waals surface area contributed by atoms with Crippen LogP contribution in [0.3, 0.4) is 0 Å². The Morgan fingerprint density at radius 2 is 1.91 bits per heavy atom. The molecule has 5 heteroatoms. The van der Waals surface area contributed by atoms with E-state index in [0.717, 1.165) is 23.0 Å². The van der Waals surface area contributed by atoms with Crippen LogP contribution in [-0.4, -0.2) is 29.3 Å². The summed E-state index contributed by atoms with van der Waals surface area (Å²) in [5.74, 6) is -0.0250. The first-order chi connectivity index (χ1) is 10.3. The summed E-state index contributed by atoms with van der Waals surface area (Å²) >= 11 is 3.37. The second-order valence-corrected chi connectivity index (χ2v) is 7.89. The molecule has 1 heterocycles. The van der Waals surface area contributed by atoms with E-state index in [-0.39, 0.29) is 23.3 Å². The van der Waals surface area contributed by atoms with Gasteiger partial charge in [0.2, 0.25) is 11.8 Å². The van der Waals surface area contributed by atoms with Gasteiger partial charge in [-0.05, 0) is 42.5 Å². The van der Waals surface area contributed by atoms with E-state index >= 15 is 0 Å². The lowest BCUT2D eigenvalue weighted by molar-refractivity contribution is -0.138. The maximum Gasteiger partial charge on any atom is 0.247 e. The monoisotopic (exact) mass is 366 g/mol. The first kappa shape index (κ1) is 17.0. The van der Waals surface area contributed by atoms with Crippen molar-refractivity contribution >= 4 is 33.4 Å². The van der Waals surface area contributed by atoms with E-state index in [1.807, 2.05) is 45.0 Å². The van der Waals surface area contributed by atoms with E-state index in [9.17, 15) is 9.59 Å². The Bertz CT molecular complexity index is 549. The molecule has 1 N–H and O–H groups in total. The van der Waals surface area contributed by atoms with Crippen molar-refractivity contribution in [1.82, 2.24) is 4.90 Å². The lowest BCUT2D eigenvalue weighted by atomic mass is 9.91. The standard InChI is InChI=1S/C17H23BrN2O2/c1-17(2,3)11-15(21)20-10-4-5-14(20)16(22)19-13-8-6-12(18)7-9-13/h6-9,14H,4-5,10-11H2,1-3H3,(H,19,22). The number of anilines is 1. The topological polar surface area (TPSA) is 49.4 Å². The fourth-order valence-corrected chi connectivity index (χ4v) is 2.92. The van der Waals surface area contributed by atoms with Gasteiger partial charge in [-0.1, -0.05) is 36.7 Å². The molecular formula is C17H23BrN2O2. The van der Waals surface area contributed by atoms with E-state index in [1.54, 1.807) is 4.90 Å². The van der Waals surface area contributed by atoms with Crippen molar-refractivity contribution in [1.29, 1.82) is 0 Å². The van der Waals surface area contributed by atoms with Crippen molar-refractivity contribution in [3.63, 3.8) is 0 Å². The molecule has 0 aliphatic carbocycles. The molecule has 1 unspecified atom stereocenters. The molecule has 1 aromatic rings. The summed E-state index contributed by atoms with van der Waals surface area (Å²) in [6.07, 6.45) is 2.08. The summed E-state index contributed by atoms with van der Waals surface area (Å²) in [6, 6.07) is 7.11. The van der Waals surface area contributed by atoms with Crippen molar-refractivity contribution in [2.24, 2.45) is 5.41 Å². The Morgan fingerprint density at radius 1 is 1.27 bits per heavy atom. The van der Waals surface area contributed by atoms with Gasteiger partial charge in [0.05, 0.1) is 0 Å². The first-order valence-corrected chi connectivity index (χ1v) is 8.41. The van der Waals surface area contributed by atoms with Gasteiger partial charge in [-0.15, -0.1) is 0 Å². The van der Waals surface area contributed by atoms with Gasteiger partial charge < -0.3 is 10.2 Å². The average Bonchev–Trinajstić information content (AvgIpc) is 2.89. The third-order valence-electron chi connectivity index (χ3n) is 3.67. The maximum absolute atomic E-state index is 12.5. The molecule has 1 aromatic carbocycles. The normalized spacial score (nSPS) is 18.4. The van der Waals surface area contributed by atoms with Crippen molar-refractivity contribution < 1.29 is 9.59 Å². The largest absolute Gasteiger partial charge is 0.331 e. The number of halogens is 1. The number of amides is 2. The highest BCUT2D eigenvalue weighted by Gasteiger charge is 2.35. The molecule has 0 radical (unpaired) electrons. The number of carbonyl (C=O) groups is 2. The zero-order valence-electron chi connectivity index (χ0n) is 13.4. The molecule has 120 valence electrons. The smallest absolute Gasteiger partial charge is 0.247 e. The second-order valence-electron chi connectivity index (χ2n) is 6.98. The molecule has 0 bridgehead atoms.